The Bertz CT molecular complexity index is 676. The topological polar surface area (TPSA) is 62.3 Å². The molecule has 0 aromatic carbocycles. The second-order valence-electron chi connectivity index (χ2n) is 8.67. The van der Waals surface area contributed by atoms with E-state index in [2.05, 4.69) is 19.4 Å². The Hall–Kier alpha value is -0.500. The number of rotatable bonds is 6. The van der Waals surface area contributed by atoms with Crippen LogP contribution in [0.4, 0.5) is 0 Å². The third-order valence-electron chi connectivity index (χ3n) is 6.90. The summed E-state index contributed by atoms with van der Waals surface area (Å²) in [6, 6.07) is 0.152. The first-order chi connectivity index (χ1) is 12.5. The summed E-state index contributed by atoms with van der Waals surface area (Å²) in [7, 11) is -3.15. The third kappa shape index (κ3) is 4.32. The largest absolute Gasteiger partial charge is 0.299 e. The minimum absolute atomic E-state index is 0.152. The van der Waals surface area contributed by atoms with Gasteiger partial charge in [-0.15, -0.1) is 0 Å². The van der Waals surface area contributed by atoms with Crippen molar-refractivity contribution in [2.45, 2.75) is 70.4 Å². The molecule has 2 aliphatic carbocycles. The Kier molecular flexibility index (Phi) is 5.69. The van der Waals surface area contributed by atoms with E-state index in [0.29, 0.717) is 11.7 Å². The fraction of sp³-hybridized carbons (Fsp3) is 0.842. The van der Waals surface area contributed by atoms with E-state index >= 15 is 0 Å². The van der Waals surface area contributed by atoms with Crippen LogP contribution < -0.4 is 4.72 Å². The van der Waals surface area contributed by atoms with Gasteiger partial charge in [0.2, 0.25) is 10.0 Å². The van der Waals surface area contributed by atoms with Crippen molar-refractivity contribution >= 4 is 21.6 Å². The number of piperidine rings is 1. The van der Waals surface area contributed by atoms with Crippen molar-refractivity contribution in [3.8, 4) is 0 Å². The lowest BCUT2D eigenvalue weighted by atomic mass is 9.74. The molecule has 1 N–H and O–H groups in total. The quantitative estimate of drug-likeness (QED) is 0.799. The molecule has 2 heterocycles. The maximum absolute atomic E-state index is 12.7. The predicted molar refractivity (Wildman–Crippen MR) is 106 cm³/mol. The molecule has 7 heteroatoms. The second-order valence-corrected chi connectivity index (χ2v) is 11.1. The van der Waals surface area contributed by atoms with Gasteiger partial charge in [-0.25, -0.2) is 17.5 Å². The minimum Gasteiger partial charge on any atom is -0.299 e. The van der Waals surface area contributed by atoms with Gasteiger partial charge in [-0.2, -0.15) is 0 Å². The van der Waals surface area contributed by atoms with Crippen molar-refractivity contribution in [3.05, 3.63) is 17.1 Å². The monoisotopic (exact) mass is 397 g/mol. The molecule has 1 aromatic heterocycles. The molecule has 2 saturated carbocycles. The van der Waals surface area contributed by atoms with Gasteiger partial charge in [0.15, 0.2) is 0 Å². The molecule has 26 heavy (non-hydrogen) atoms. The molecule has 5 nitrogen and oxygen atoms in total. The van der Waals surface area contributed by atoms with E-state index in [1.54, 1.807) is 0 Å². The number of sulfonamides is 1. The van der Waals surface area contributed by atoms with Gasteiger partial charge in [0.25, 0.3) is 0 Å². The van der Waals surface area contributed by atoms with Gasteiger partial charge in [0.1, 0.15) is 0 Å². The Balaban J connectivity index is 1.34. The third-order valence-corrected chi connectivity index (χ3v) is 9.09. The minimum atomic E-state index is -3.15. The standard InChI is InChI=1S/C19H31N3O2S2/c23-26(24,15-16-4-1-2-5-16)21-18-6-3-7-19(18)8-10-22(11-9-19)13-17-12-20-25-14-17/h12,14,16,18,21H,1-11,13,15H2. The molecule has 1 spiro atoms. The molecular formula is C19H31N3O2S2. The van der Waals surface area contributed by atoms with Crippen LogP contribution in [0.5, 0.6) is 0 Å². The Morgan fingerprint density at radius 1 is 1.15 bits per heavy atom. The van der Waals surface area contributed by atoms with Crippen molar-refractivity contribution in [1.29, 1.82) is 0 Å². The lowest BCUT2D eigenvalue weighted by molar-refractivity contribution is 0.0861. The molecule has 3 fully saturated rings. The second kappa shape index (κ2) is 7.86. The van der Waals surface area contributed by atoms with Gasteiger partial charge >= 0.3 is 0 Å². The highest BCUT2D eigenvalue weighted by molar-refractivity contribution is 7.89. The summed E-state index contributed by atoms with van der Waals surface area (Å²) in [5.41, 5.74) is 1.48. The summed E-state index contributed by atoms with van der Waals surface area (Å²) >= 11 is 1.51. The number of hydrogen-bond donors (Lipinski definition) is 1. The fourth-order valence-corrected chi connectivity index (χ4v) is 7.77. The summed E-state index contributed by atoms with van der Waals surface area (Å²) in [6.07, 6.45) is 12.1. The SMILES string of the molecule is O=S(=O)(CC1CCCC1)NC1CCCC12CCN(Cc1cnsc1)CC2. The van der Waals surface area contributed by atoms with Crippen LogP contribution in [0, 0.1) is 11.3 Å². The van der Waals surface area contributed by atoms with Crippen LogP contribution in [0.25, 0.3) is 0 Å². The Morgan fingerprint density at radius 2 is 1.92 bits per heavy atom. The van der Waals surface area contributed by atoms with Crippen LogP contribution in [0.1, 0.15) is 63.4 Å². The molecular weight excluding hydrogens is 366 g/mol. The average molecular weight is 398 g/mol. The van der Waals surface area contributed by atoms with Crippen LogP contribution in [0.15, 0.2) is 11.6 Å². The van der Waals surface area contributed by atoms with E-state index < -0.39 is 10.0 Å². The summed E-state index contributed by atoms with van der Waals surface area (Å²) < 4.78 is 32.8. The molecule has 1 saturated heterocycles. The van der Waals surface area contributed by atoms with Gasteiger partial charge in [-0.3, -0.25) is 4.90 Å². The average Bonchev–Trinajstić information content (AvgIpc) is 3.34. The summed E-state index contributed by atoms with van der Waals surface area (Å²) in [6.45, 7) is 3.11. The van der Waals surface area contributed by atoms with E-state index in [-0.39, 0.29) is 11.5 Å². The highest BCUT2D eigenvalue weighted by Crippen LogP contribution is 2.47. The predicted octanol–water partition coefficient (Wildman–Crippen LogP) is 3.39. The molecule has 4 rings (SSSR count). The smallest absolute Gasteiger partial charge is 0.212 e. The van der Waals surface area contributed by atoms with Crippen molar-refractivity contribution in [3.63, 3.8) is 0 Å². The van der Waals surface area contributed by atoms with Crippen LogP contribution in [-0.4, -0.2) is 42.6 Å². The molecule has 0 bridgehead atoms. The van der Waals surface area contributed by atoms with Crippen LogP contribution in [0.3, 0.4) is 0 Å². The van der Waals surface area contributed by atoms with Gasteiger partial charge in [-0.05, 0) is 80.0 Å². The van der Waals surface area contributed by atoms with E-state index in [1.807, 2.05) is 6.20 Å². The first-order valence-corrected chi connectivity index (χ1v) is 12.6. The van der Waals surface area contributed by atoms with Crippen molar-refractivity contribution in [1.82, 2.24) is 14.0 Å². The van der Waals surface area contributed by atoms with Gasteiger partial charge in [-0.1, -0.05) is 19.3 Å². The molecule has 1 atom stereocenters. The molecule has 146 valence electrons. The zero-order valence-corrected chi connectivity index (χ0v) is 17.2. The van der Waals surface area contributed by atoms with Crippen LogP contribution >= 0.6 is 11.5 Å². The van der Waals surface area contributed by atoms with E-state index in [4.69, 9.17) is 0 Å². The normalized spacial score (nSPS) is 27.5. The van der Waals surface area contributed by atoms with Gasteiger partial charge in [0, 0.05) is 24.2 Å². The first-order valence-electron chi connectivity index (χ1n) is 10.2. The van der Waals surface area contributed by atoms with E-state index in [9.17, 15) is 8.42 Å². The lowest BCUT2D eigenvalue weighted by Gasteiger charge is -2.43. The molecule has 1 aromatic rings. The van der Waals surface area contributed by atoms with E-state index in [1.165, 1.54) is 36.4 Å². The maximum atomic E-state index is 12.7. The first kappa shape index (κ1) is 18.8. The van der Waals surface area contributed by atoms with E-state index in [0.717, 1.165) is 58.2 Å². The number of nitrogens with zero attached hydrogens (tertiary/aromatic N) is 2. The zero-order valence-electron chi connectivity index (χ0n) is 15.5. The molecule has 0 amide bonds. The van der Waals surface area contributed by atoms with Crippen LogP contribution in [0.2, 0.25) is 0 Å². The van der Waals surface area contributed by atoms with Gasteiger partial charge < -0.3 is 0 Å². The van der Waals surface area contributed by atoms with Crippen molar-refractivity contribution in [2.24, 2.45) is 11.3 Å². The zero-order chi connectivity index (χ0) is 18.0. The highest BCUT2D eigenvalue weighted by atomic mass is 32.2. The number of hydrogen-bond acceptors (Lipinski definition) is 5. The van der Waals surface area contributed by atoms with Crippen molar-refractivity contribution in [2.75, 3.05) is 18.8 Å². The fourth-order valence-electron chi connectivity index (χ4n) is 5.39. The van der Waals surface area contributed by atoms with Gasteiger partial charge in [0.05, 0.1) is 5.75 Å². The Labute approximate surface area is 161 Å². The maximum Gasteiger partial charge on any atom is 0.212 e. The number of nitrogens with one attached hydrogen (secondary N) is 1. The number of aromatic nitrogens is 1. The molecule has 3 aliphatic rings. The summed E-state index contributed by atoms with van der Waals surface area (Å²) in [5.74, 6) is 0.725. The lowest BCUT2D eigenvalue weighted by Crippen LogP contribution is -2.50. The highest BCUT2D eigenvalue weighted by Gasteiger charge is 2.46. The van der Waals surface area contributed by atoms with Crippen molar-refractivity contribution < 1.29 is 8.42 Å². The number of likely N-dealkylation sites (tertiary alicyclic amines) is 1. The summed E-state index contributed by atoms with van der Waals surface area (Å²) in [4.78, 5) is 2.50. The molecule has 1 aliphatic heterocycles. The molecule has 1 unspecified atom stereocenters. The molecule has 0 radical (unpaired) electrons. The summed E-state index contributed by atoms with van der Waals surface area (Å²) in [5, 5.41) is 2.12. The Morgan fingerprint density at radius 3 is 2.62 bits per heavy atom. The van der Waals surface area contributed by atoms with Crippen LogP contribution in [-0.2, 0) is 16.6 Å².